The van der Waals surface area contributed by atoms with Gasteiger partial charge in [0.05, 0.1) is 0 Å². The number of hydrogen-bond donors (Lipinski definition) is 1. The molecule has 0 aliphatic carbocycles. The Balaban J connectivity index is 1.85. The third kappa shape index (κ3) is 11.2. The lowest BCUT2D eigenvalue weighted by Gasteiger charge is -2.05. The predicted molar refractivity (Wildman–Crippen MR) is 104 cm³/mol. The molecule has 0 aliphatic heterocycles. The zero-order chi connectivity index (χ0) is 18.2. The second-order valence-electron chi connectivity index (χ2n) is 6.33. The topological polar surface area (TPSA) is 58.5 Å². The standard InChI is InChI=1S/C21H32N2O2/c1-2-22-20(24)17-13-8-6-4-3-5-7-9-14-18-23-21(25)19-15-11-10-12-16-19/h2,10-12,15-16H,3-9,13-14,17-18H2,1H3,(H,23,25)/b22-2+. The highest BCUT2D eigenvalue weighted by molar-refractivity contribution is 5.94. The molecule has 0 bridgehead atoms. The number of hydrogen-bond acceptors (Lipinski definition) is 2. The van der Waals surface area contributed by atoms with Crippen LogP contribution in [-0.2, 0) is 4.79 Å². The molecule has 0 atom stereocenters. The van der Waals surface area contributed by atoms with Crippen molar-refractivity contribution in [3.8, 4) is 0 Å². The molecule has 0 aliphatic rings. The van der Waals surface area contributed by atoms with Crippen molar-refractivity contribution < 1.29 is 9.59 Å². The summed E-state index contributed by atoms with van der Waals surface area (Å²) < 4.78 is 0. The number of aliphatic imine (C=N–C) groups is 1. The van der Waals surface area contributed by atoms with Crippen molar-refractivity contribution in [2.45, 2.75) is 71.1 Å². The molecule has 1 rings (SSSR count). The van der Waals surface area contributed by atoms with E-state index in [0.29, 0.717) is 6.42 Å². The first-order valence-corrected chi connectivity index (χ1v) is 9.59. The van der Waals surface area contributed by atoms with Crippen LogP contribution in [0.3, 0.4) is 0 Å². The largest absolute Gasteiger partial charge is 0.352 e. The van der Waals surface area contributed by atoms with Gasteiger partial charge in [-0.15, -0.1) is 0 Å². The van der Waals surface area contributed by atoms with Gasteiger partial charge in [-0.1, -0.05) is 63.1 Å². The van der Waals surface area contributed by atoms with Crippen molar-refractivity contribution in [1.82, 2.24) is 5.32 Å². The first-order valence-electron chi connectivity index (χ1n) is 9.59. The molecule has 0 aromatic heterocycles. The fraction of sp³-hybridized carbons (Fsp3) is 0.571. The van der Waals surface area contributed by atoms with Crippen LogP contribution in [0.5, 0.6) is 0 Å². The average molecular weight is 344 g/mol. The molecule has 0 fully saturated rings. The van der Waals surface area contributed by atoms with E-state index in [4.69, 9.17) is 0 Å². The van der Waals surface area contributed by atoms with E-state index in [-0.39, 0.29) is 11.8 Å². The fourth-order valence-electron chi connectivity index (χ4n) is 2.74. The summed E-state index contributed by atoms with van der Waals surface area (Å²) in [4.78, 5) is 26.8. The van der Waals surface area contributed by atoms with Gasteiger partial charge < -0.3 is 5.32 Å². The molecule has 4 heteroatoms. The second kappa shape index (κ2) is 14.4. The molecular formula is C21H32N2O2. The normalized spacial score (nSPS) is 10.9. The van der Waals surface area contributed by atoms with Gasteiger partial charge in [-0.25, -0.2) is 4.99 Å². The highest BCUT2D eigenvalue weighted by Gasteiger charge is 2.02. The highest BCUT2D eigenvalue weighted by atomic mass is 16.2. The van der Waals surface area contributed by atoms with E-state index in [2.05, 4.69) is 10.3 Å². The fourth-order valence-corrected chi connectivity index (χ4v) is 2.74. The summed E-state index contributed by atoms with van der Waals surface area (Å²) in [6, 6.07) is 9.35. The molecule has 0 unspecified atom stereocenters. The number of nitrogens with one attached hydrogen (secondary N) is 1. The zero-order valence-electron chi connectivity index (χ0n) is 15.5. The SMILES string of the molecule is C/C=N/C(=O)CCCCCCCCCCCNC(=O)c1ccccc1. The van der Waals surface area contributed by atoms with Crippen molar-refractivity contribution in [3.05, 3.63) is 35.9 Å². The Morgan fingerprint density at radius 2 is 1.44 bits per heavy atom. The van der Waals surface area contributed by atoms with E-state index in [1.807, 2.05) is 30.3 Å². The Bertz CT molecular complexity index is 512. The maximum Gasteiger partial charge on any atom is 0.251 e. The monoisotopic (exact) mass is 344 g/mol. The first-order chi connectivity index (χ1) is 12.2. The summed E-state index contributed by atoms with van der Waals surface area (Å²) in [6.45, 7) is 2.52. The number of carbonyl (C=O) groups is 2. The molecule has 0 radical (unpaired) electrons. The van der Waals surface area contributed by atoms with Crippen molar-refractivity contribution >= 4 is 18.0 Å². The van der Waals surface area contributed by atoms with Gasteiger partial charge in [0.2, 0.25) is 5.91 Å². The van der Waals surface area contributed by atoms with Crippen LogP contribution in [0.1, 0.15) is 81.5 Å². The molecule has 0 saturated carbocycles. The van der Waals surface area contributed by atoms with E-state index in [1.54, 1.807) is 13.1 Å². The van der Waals surface area contributed by atoms with E-state index in [9.17, 15) is 9.59 Å². The maximum atomic E-state index is 11.8. The zero-order valence-corrected chi connectivity index (χ0v) is 15.5. The van der Waals surface area contributed by atoms with Crippen LogP contribution < -0.4 is 5.32 Å². The lowest BCUT2D eigenvalue weighted by molar-refractivity contribution is -0.117. The quantitative estimate of drug-likeness (QED) is 0.407. The van der Waals surface area contributed by atoms with Crippen molar-refractivity contribution in [2.75, 3.05) is 6.54 Å². The van der Waals surface area contributed by atoms with Crippen LogP contribution in [-0.4, -0.2) is 24.6 Å². The van der Waals surface area contributed by atoms with E-state index in [0.717, 1.165) is 31.4 Å². The van der Waals surface area contributed by atoms with Crippen LogP contribution in [0.25, 0.3) is 0 Å². The van der Waals surface area contributed by atoms with Crippen LogP contribution in [0.15, 0.2) is 35.3 Å². The second-order valence-corrected chi connectivity index (χ2v) is 6.33. The molecule has 0 spiro atoms. The minimum Gasteiger partial charge on any atom is -0.352 e. The van der Waals surface area contributed by atoms with Crippen LogP contribution >= 0.6 is 0 Å². The predicted octanol–water partition coefficient (Wildman–Crippen LogP) is 4.93. The maximum absolute atomic E-state index is 11.8. The molecule has 138 valence electrons. The first kappa shape index (κ1) is 21.1. The molecular weight excluding hydrogens is 312 g/mol. The van der Waals surface area contributed by atoms with Gasteiger partial charge in [-0.2, -0.15) is 0 Å². The summed E-state index contributed by atoms with van der Waals surface area (Å²) in [6.07, 6.45) is 12.6. The molecule has 1 N–H and O–H groups in total. The molecule has 1 aromatic rings. The van der Waals surface area contributed by atoms with Gasteiger partial charge in [0.25, 0.3) is 5.91 Å². The molecule has 2 amide bonds. The molecule has 0 saturated heterocycles. The Kier molecular flexibility index (Phi) is 12.1. The van der Waals surface area contributed by atoms with E-state index in [1.165, 1.54) is 38.5 Å². The van der Waals surface area contributed by atoms with Gasteiger partial charge in [-0.3, -0.25) is 9.59 Å². The number of nitrogens with zero attached hydrogens (tertiary/aromatic N) is 1. The smallest absolute Gasteiger partial charge is 0.251 e. The summed E-state index contributed by atoms with van der Waals surface area (Å²) in [7, 11) is 0. The van der Waals surface area contributed by atoms with Gasteiger partial charge in [0, 0.05) is 24.7 Å². The van der Waals surface area contributed by atoms with Crippen LogP contribution in [0.4, 0.5) is 0 Å². The number of amides is 2. The molecule has 25 heavy (non-hydrogen) atoms. The molecule has 1 aromatic carbocycles. The lowest BCUT2D eigenvalue weighted by Crippen LogP contribution is -2.24. The Labute approximate surface area is 152 Å². The Morgan fingerprint density at radius 1 is 0.880 bits per heavy atom. The van der Waals surface area contributed by atoms with Crippen LogP contribution in [0.2, 0.25) is 0 Å². The van der Waals surface area contributed by atoms with Gasteiger partial charge >= 0.3 is 0 Å². The van der Waals surface area contributed by atoms with Crippen molar-refractivity contribution in [1.29, 1.82) is 0 Å². The molecule has 0 heterocycles. The minimum absolute atomic E-state index is 0.00172. The summed E-state index contributed by atoms with van der Waals surface area (Å²) in [5.41, 5.74) is 0.727. The minimum atomic E-state index is 0.00172. The van der Waals surface area contributed by atoms with Gasteiger partial charge in [-0.05, 0) is 31.9 Å². The van der Waals surface area contributed by atoms with Gasteiger partial charge in [0.15, 0.2) is 0 Å². The van der Waals surface area contributed by atoms with Gasteiger partial charge in [0.1, 0.15) is 0 Å². The summed E-state index contributed by atoms with van der Waals surface area (Å²) >= 11 is 0. The summed E-state index contributed by atoms with van der Waals surface area (Å²) in [5, 5.41) is 2.97. The number of carbonyl (C=O) groups excluding carboxylic acids is 2. The van der Waals surface area contributed by atoms with Crippen molar-refractivity contribution in [2.24, 2.45) is 4.99 Å². The van der Waals surface area contributed by atoms with E-state index < -0.39 is 0 Å². The van der Waals surface area contributed by atoms with E-state index >= 15 is 0 Å². The number of unbranched alkanes of at least 4 members (excludes halogenated alkanes) is 8. The van der Waals surface area contributed by atoms with Crippen molar-refractivity contribution in [3.63, 3.8) is 0 Å². The highest BCUT2D eigenvalue weighted by Crippen LogP contribution is 2.10. The van der Waals surface area contributed by atoms with Crippen LogP contribution in [0, 0.1) is 0 Å². The Morgan fingerprint density at radius 3 is 2.04 bits per heavy atom. The Hall–Kier alpha value is -1.97. The third-order valence-electron chi connectivity index (χ3n) is 4.16. The number of benzene rings is 1. The number of rotatable bonds is 13. The third-order valence-corrected chi connectivity index (χ3v) is 4.16. The lowest BCUT2D eigenvalue weighted by atomic mass is 10.1. The average Bonchev–Trinajstić information content (AvgIpc) is 2.63. The molecule has 4 nitrogen and oxygen atoms in total. The summed E-state index contributed by atoms with van der Waals surface area (Å²) in [5.74, 6) is 0.0190.